The van der Waals surface area contributed by atoms with Crippen LogP contribution in [-0.2, 0) is 64.3 Å². The van der Waals surface area contributed by atoms with E-state index >= 15 is 0 Å². The first-order valence-electron chi connectivity index (χ1n) is 17.1. The van der Waals surface area contributed by atoms with Crippen LogP contribution in [0, 0.1) is 0 Å². The van der Waals surface area contributed by atoms with Gasteiger partial charge in [0.15, 0.2) is 28.2 Å². The van der Waals surface area contributed by atoms with E-state index in [1.165, 1.54) is 0 Å². The van der Waals surface area contributed by atoms with Gasteiger partial charge >= 0.3 is 0 Å². The van der Waals surface area contributed by atoms with Gasteiger partial charge in [-0.15, -0.1) is 0 Å². The molecule has 0 aromatic heterocycles. The third-order valence-corrected chi connectivity index (χ3v) is 10.6. The van der Waals surface area contributed by atoms with Crippen molar-refractivity contribution < 1.29 is 37.9 Å². The van der Waals surface area contributed by atoms with Crippen LogP contribution >= 0.6 is 0 Å². The summed E-state index contributed by atoms with van der Waals surface area (Å²) in [4.78, 5) is 0. The fraction of sp³-hybridized carbons (Fsp3) is 0.415. The van der Waals surface area contributed by atoms with E-state index in [-0.39, 0.29) is 19.8 Å². The molecule has 4 heterocycles. The first kappa shape index (κ1) is 32.7. The summed E-state index contributed by atoms with van der Waals surface area (Å²) in [5.74, 6) is -0.873. The maximum atomic E-state index is 7.37. The summed E-state index contributed by atoms with van der Waals surface area (Å²) in [6.45, 7) is 6.16. The van der Waals surface area contributed by atoms with Crippen molar-refractivity contribution in [2.24, 2.45) is 0 Å². The van der Waals surface area contributed by atoms with E-state index in [0.29, 0.717) is 33.0 Å². The molecule has 0 radical (unpaired) electrons. The lowest BCUT2D eigenvalue weighted by Crippen LogP contribution is -2.89. The highest BCUT2D eigenvalue weighted by molar-refractivity contribution is 5.43. The Morgan fingerprint density at radius 3 is 1.59 bits per heavy atom. The minimum Gasteiger partial charge on any atom is -0.374 e. The molecule has 0 saturated carbocycles. The molecule has 256 valence electrons. The van der Waals surface area contributed by atoms with Gasteiger partial charge in [0.05, 0.1) is 52.9 Å². The second-order valence-corrected chi connectivity index (χ2v) is 14.0. The lowest BCUT2D eigenvalue weighted by Gasteiger charge is -2.65. The Morgan fingerprint density at radius 2 is 1.06 bits per heavy atom. The van der Waals surface area contributed by atoms with Gasteiger partial charge in [0.1, 0.15) is 12.2 Å². The Morgan fingerprint density at radius 1 is 0.571 bits per heavy atom. The molecule has 4 fully saturated rings. The summed E-state index contributed by atoms with van der Waals surface area (Å²) in [5.41, 5.74) is -0.207. The van der Waals surface area contributed by atoms with Crippen molar-refractivity contribution in [3.63, 3.8) is 0 Å². The highest BCUT2D eigenvalue weighted by Crippen LogP contribution is 2.71. The molecule has 0 unspecified atom stereocenters. The van der Waals surface area contributed by atoms with Crippen molar-refractivity contribution in [2.75, 3.05) is 26.4 Å². The third kappa shape index (κ3) is 5.46. The van der Waals surface area contributed by atoms with Gasteiger partial charge in [0, 0.05) is 0 Å². The second kappa shape index (κ2) is 13.0. The molecule has 4 aliphatic heterocycles. The molecule has 0 amide bonds. The van der Waals surface area contributed by atoms with E-state index in [1.54, 1.807) is 0 Å². The quantitative estimate of drug-likeness (QED) is 0.153. The lowest BCUT2D eigenvalue weighted by atomic mass is 9.55. The second-order valence-electron chi connectivity index (χ2n) is 14.0. The standard InChI is InChI=1S/C41H44O8/c1-37(2)46-27-39-36(48-37)35(44-25-33-19-11-5-12-20-33)38(49-39)28-47-41(38,30-43-24-32-17-9-4-10-18-32)40(39,45-26-34-21-13-6-14-22-34)29-42-23-31-15-7-3-8-16-31/h3-22,35-36H,23-30H2,1-2H3/t35-,36-,38+,39-,40-,41+/m1/s1. The summed E-state index contributed by atoms with van der Waals surface area (Å²) in [6, 6.07) is 40.6. The zero-order valence-electron chi connectivity index (χ0n) is 28.1. The van der Waals surface area contributed by atoms with Gasteiger partial charge in [-0.25, -0.2) is 0 Å². The maximum absolute atomic E-state index is 7.37. The number of rotatable bonds is 14. The summed E-state index contributed by atoms with van der Waals surface area (Å²) in [6.07, 6.45) is -1.03. The molecular weight excluding hydrogens is 620 g/mol. The summed E-state index contributed by atoms with van der Waals surface area (Å²) >= 11 is 0. The molecule has 4 aromatic carbocycles. The molecule has 8 nitrogen and oxygen atoms in total. The van der Waals surface area contributed by atoms with E-state index in [9.17, 15) is 0 Å². The van der Waals surface area contributed by atoms with Crippen LogP contribution in [0.4, 0.5) is 0 Å². The smallest absolute Gasteiger partial charge is 0.163 e. The van der Waals surface area contributed by atoms with Crippen molar-refractivity contribution >= 4 is 0 Å². The van der Waals surface area contributed by atoms with E-state index in [2.05, 4.69) is 48.5 Å². The van der Waals surface area contributed by atoms with Gasteiger partial charge < -0.3 is 37.9 Å². The first-order chi connectivity index (χ1) is 23.9. The van der Waals surface area contributed by atoms with E-state index in [0.717, 1.165) is 22.3 Å². The zero-order valence-corrected chi connectivity index (χ0v) is 28.1. The predicted octanol–water partition coefficient (Wildman–Crippen LogP) is 6.40. The summed E-state index contributed by atoms with van der Waals surface area (Å²) < 4.78 is 55.0. The van der Waals surface area contributed by atoms with E-state index in [1.807, 2.05) is 86.6 Å². The van der Waals surface area contributed by atoms with Crippen LogP contribution in [0.25, 0.3) is 0 Å². The van der Waals surface area contributed by atoms with Crippen LogP contribution in [0.3, 0.4) is 0 Å². The van der Waals surface area contributed by atoms with Gasteiger partial charge in [-0.3, -0.25) is 0 Å². The Balaban J connectivity index is 1.21. The molecule has 0 aliphatic carbocycles. The normalized spacial score (nSPS) is 32.3. The number of ether oxygens (including phenoxy) is 8. The summed E-state index contributed by atoms with van der Waals surface area (Å²) in [5, 5.41) is 0. The highest BCUT2D eigenvalue weighted by Gasteiger charge is 2.95. The average molecular weight is 665 g/mol. The molecule has 8 rings (SSSR count). The molecule has 8 heteroatoms. The van der Waals surface area contributed by atoms with Gasteiger partial charge in [-0.05, 0) is 36.1 Å². The minimum atomic E-state index is -1.20. The first-order valence-corrected chi connectivity index (χ1v) is 17.1. The van der Waals surface area contributed by atoms with E-state index in [4.69, 9.17) is 37.9 Å². The third-order valence-electron chi connectivity index (χ3n) is 10.6. The van der Waals surface area contributed by atoms with Crippen molar-refractivity contribution in [1.82, 2.24) is 0 Å². The number of benzene rings is 4. The Labute approximate surface area is 288 Å². The molecule has 2 spiro atoms. The fourth-order valence-electron chi connectivity index (χ4n) is 8.20. The van der Waals surface area contributed by atoms with E-state index < -0.39 is 40.4 Å². The maximum Gasteiger partial charge on any atom is 0.163 e. The predicted molar refractivity (Wildman–Crippen MR) is 181 cm³/mol. The highest BCUT2D eigenvalue weighted by atomic mass is 16.8. The SMILES string of the molecule is CC1(C)OC[C@]23O[C@@]4(CO[C@]4(COCc4ccccc4)[C@]2(COCc2ccccc2)OCc2ccccc2)[C@H](OCc2ccccc2)[C@H]3O1. The molecule has 6 atom stereocenters. The molecule has 0 N–H and O–H groups in total. The van der Waals surface area contributed by atoms with Gasteiger partial charge in [0.25, 0.3) is 0 Å². The molecule has 49 heavy (non-hydrogen) atoms. The zero-order chi connectivity index (χ0) is 33.4. The Bertz CT molecular complexity index is 1690. The number of hydrogen-bond donors (Lipinski definition) is 0. The number of hydrogen-bond acceptors (Lipinski definition) is 8. The topological polar surface area (TPSA) is 73.8 Å². The van der Waals surface area contributed by atoms with Gasteiger partial charge in [0.2, 0.25) is 0 Å². The van der Waals surface area contributed by atoms with Crippen molar-refractivity contribution in [2.45, 2.75) is 80.7 Å². The van der Waals surface area contributed by atoms with Crippen molar-refractivity contribution in [3.05, 3.63) is 144 Å². The minimum absolute atomic E-state index is 0.153. The van der Waals surface area contributed by atoms with Crippen LogP contribution in [-0.4, -0.2) is 66.8 Å². The molecule has 4 aliphatic rings. The monoisotopic (exact) mass is 664 g/mol. The fourth-order valence-corrected chi connectivity index (χ4v) is 8.20. The van der Waals surface area contributed by atoms with Gasteiger partial charge in [-0.2, -0.15) is 0 Å². The van der Waals surface area contributed by atoms with Crippen LogP contribution in [0.15, 0.2) is 121 Å². The van der Waals surface area contributed by atoms with Crippen LogP contribution in [0.2, 0.25) is 0 Å². The molecular formula is C41H44O8. The lowest BCUT2D eigenvalue weighted by molar-refractivity contribution is -0.403. The Hall–Kier alpha value is -3.44. The van der Waals surface area contributed by atoms with Crippen molar-refractivity contribution in [3.8, 4) is 0 Å². The van der Waals surface area contributed by atoms with Crippen molar-refractivity contribution in [1.29, 1.82) is 0 Å². The molecule has 2 bridgehead atoms. The van der Waals surface area contributed by atoms with Gasteiger partial charge in [-0.1, -0.05) is 121 Å². The van der Waals surface area contributed by atoms with Crippen LogP contribution < -0.4 is 0 Å². The Kier molecular flexibility index (Phi) is 8.71. The average Bonchev–Trinajstić information content (AvgIpc) is 3.50. The molecule has 4 saturated heterocycles. The largest absolute Gasteiger partial charge is 0.374 e. The molecule has 4 aromatic rings. The summed E-state index contributed by atoms with van der Waals surface area (Å²) in [7, 11) is 0. The van der Waals surface area contributed by atoms with Crippen LogP contribution in [0.5, 0.6) is 0 Å². The van der Waals surface area contributed by atoms with Crippen LogP contribution in [0.1, 0.15) is 36.1 Å².